The molecule has 1 aromatic rings. The fourth-order valence-corrected chi connectivity index (χ4v) is 0.960. The number of benzene rings is 1. The summed E-state index contributed by atoms with van der Waals surface area (Å²) in [6.07, 6.45) is -6.72. The zero-order valence-corrected chi connectivity index (χ0v) is 7.25. The summed E-state index contributed by atoms with van der Waals surface area (Å²) in [7, 11) is 0. The van der Waals surface area contributed by atoms with Crippen molar-refractivity contribution < 1.29 is 22.4 Å². The molecule has 0 aliphatic carbocycles. The molecule has 1 aromatic carbocycles. The molecule has 1 rings (SSSR count). The van der Waals surface area contributed by atoms with E-state index in [4.69, 9.17) is 0 Å². The van der Waals surface area contributed by atoms with Crippen LogP contribution >= 0.6 is 0 Å². The van der Waals surface area contributed by atoms with E-state index >= 15 is 0 Å². The molecule has 1 unspecified atom stereocenters. The van der Waals surface area contributed by atoms with Crippen molar-refractivity contribution in [2.45, 2.75) is 12.3 Å². The van der Waals surface area contributed by atoms with Gasteiger partial charge in [-0.25, -0.2) is 9.18 Å². The minimum absolute atomic E-state index is 0.128. The average Bonchev–Trinajstić information content (AvgIpc) is 2.17. The van der Waals surface area contributed by atoms with Crippen molar-refractivity contribution in [2.24, 2.45) is 4.99 Å². The van der Waals surface area contributed by atoms with E-state index in [1.54, 1.807) is 0 Å². The molecule has 0 radical (unpaired) electrons. The van der Waals surface area contributed by atoms with Gasteiger partial charge in [0.25, 0.3) is 0 Å². The number of alkyl halides is 4. The third-order valence-corrected chi connectivity index (χ3v) is 1.65. The van der Waals surface area contributed by atoms with Gasteiger partial charge in [0, 0.05) is 0 Å². The summed E-state index contributed by atoms with van der Waals surface area (Å²) >= 11 is 0. The van der Waals surface area contributed by atoms with E-state index in [-0.39, 0.29) is 5.69 Å². The summed E-state index contributed by atoms with van der Waals surface area (Å²) in [5.41, 5.74) is -0.393. The molecule has 0 saturated carbocycles. The Labute approximate surface area is 82.2 Å². The first-order chi connectivity index (χ1) is 6.95. The van der Waals surface area contributed by atoms with Gasteiger partial charge in [-0.15, -0.1) is 0 Å². The largest absolute Gasteiger partial charge is 0.423 e. The van der Waals surface area contributed by atoms with Crippen LogP contribution in [0.15, 0.2) is 29.3 Å². The molecule has 1 atom stereocenters. The zero-order valence-electron chi connectivity index (χ0n) is 7.25. The van der Waals surface area contributed by atoms with Gasteiger partial charge in [-0.3, -0.25) is 0 Å². The Morgan fingerprint density at radius 1 is 1.20 bits per heavy atom. The highest BCUT2D eigenvalue weighted by atomic mass is 19.4. The predicted octanol–water partition coefficient (Wildman–Crippen LogP) is 3.23. The molecule has 0 spiro atoms. The van der Waals surface area contributed by atoms with Crippen LogP contribution in [0, 0.1) is 0 Å². The minimum atomic E-state index is -4.92. The molecule has 0 aliphatic heterocycles. The molecular formula is C9H5F4NO. The lowest BCUT2D eigenvalue weighted by atomic mass is 10.1. The highest BCUT2D eigenvalue weighted by Crippen LogP contribution is 2.36. The van der Waals surface area contributed by atoms with E-state index < -0.39 is 17.9 Å². The SMILES string of the molecule is O=C=Nc1ccc(C(F)C(F)(F)F)cc1. The van der Waals surface area contributed by atoms with Crippen LogP contribution in [0.25, 0.3) is 0 Å². The highest BCUT2D eigenvalue weighted by molar-refractivity contribution is 5.49. The Balaban J connectivity index is 2.94. The Bertz CT molecular complexity index is 378. The monoisotopic (exact) mass is 219 g/mol. The molecule has 80 valence electrons. The number of nitrogens with zero attached hydrogens (tertiary/aromatic N) is 1. The first kappa shape index (κ1) is 11.4. The van der Waals surface area contributed by atoms with Crippen LogP contribution in [0.4, 0.5) is 23.2 Å². The Hall–Kier alpha value is -1.68. The summed E-state index contributed by atoms with van der Waals surface area (Å²) in [6, 6.07) is 4.07. The molecule has 0 N–H and O–H groups in total. The van der Waals surface area contributed by atoms with E-state index in [1.165, 1.54) is 6.08 Å². The molecule has 0 saturated heterocycles. The minimum Gasteiger partial charge on any atom is -0.232 e. The normalized spacial score (nSPS) is 13.1. The van der Waals surface area contributed by atoms with E-state index in [2.05, 4.69) is 4.99 Å². The van der Waals surface area contributed by atoms with Crippen molar-refractivity contribution in [3.63, 3.8) is 0 Å². The lowest BCUT2D eigenvalue weighted by molar-refractivity contribution is -0.182. The number of hydrogen-bond donors (Lipinski definition) is 0. The molecule has 0 aliphatic rings. The van der Waals surface area contributed by atoms with Gasteiger partial charge in [0.15, 0.2) is 0 Å². The summed E-state index contributed by atoms with van der Waals surface area (Å²) in [6.45, 7) is 0. The van der Waals surface area contributed by atoms with Crippen LogP contribution in [0.3, 0.4) is 0 Å². The molecule has 0 aromatic heterocycles. The fraction of sp³-hybridized carbons (Fsp3) is 0.222. The van der Waals surface area contributed by atoms with E-state index in [9.17, 15) is 22.4 Å². The van der Waals surface area contributed by atoms with Crippen LogP contribution in [0.2, 0.25) is 0 Å². The van der Waals surface area contributed by atoms with Gasteiger partial charge in [0.2, 0.25) is 12.3 Å². The molecular weight excluding hydrogens is 214 g/mol. The van der Waals surface area contributed by atoms with Gasteiger partial charge in [0.1, 0.15) is 0 Å². The van der Waals surface area contributed by atoms with Crippen molar-refractivity contribution in [2.75, 3.05) is 0 Å². The van der Waals surface area contributed by atoms with E-state index in [0.717, 1.165) is 24.3 Å². The summed E-state index contributed by atoms with van der Waals surface area (Å²) in [4.78, 5) is 13.0. The topological polar surface area (TPSA) is 29.4 Å². The highest BCUT2D eigenvalue weighted by Gasteiger charge is 2.41. The number of isocyanates is 1. The van der Waals surface area contributed by atoms with Gasteiger partial charge in [0.05, 0.1) is 5.69 Å². The van der Waals surface area contributed by atoms with Crippen molar-refractivity contribution >= 4 is 11.8 Å². The second kappa shape index (κ2) is 4.23. The summed E-state index contributed by atoms with van der Waals surface area (Å²) in [5.74, 6) is 0. The quantitative estimate of drug-likeness (QED) is 0.426. The van der Waals surface area contributed by atoms with Crippen LogP contribution in [-0.2, 0) is 4.79 Å². The van der Waals surface area contributed by atoms with Gasteiger partial charge in [-0.05, 0) is 17.7 Å². The van der Waals surface area contributed by atoms with Gasteiger partial charge in [-0.2, -0.15) is 18.2 Å². The lowest BCUT2D eigenvalue weighted by Gasteiger charge is -2.11. The van der Waals surface area contributed by atoms with Gasteiger partial charge < -0.3 is 0 Å². The summed E-state index contributed by atoms with van der Waals surface area (Å²) in [5, 5.41) is 0. The zero-order chi connectivity index (χ0) is 11.5. The molecule has 0 heterocycles. The smallest absolute Gasteiger partial charge is 0.232 e. The number of hydrogen-bond acceptors (Lipinski definition) is 2. The maximum absolute atomic E-state index is 12.7. The van der Waals surface area contributed by atoms with E-state index in [0.29, 0.717) is 0 Å². The van der Waals surface area contributed by atoms with Crippen molar-refractivity contribution in [1.29, 1.82) is 0 Å². The number of carbonyl (C=O) groups excluding carboxylic acids is 1. The van der Waals surface area contributed by atoms with Crippen molar-refractivity contribution in [1.82, 2.24) is 0 Å². The van der Waals surface area contributed by atoms with Crippen LogP contribution in [0.1, 0.15) is 11.7 Å². The standard InChI is InChI=1S/C9H5F4NO/c10-8(9(11,12)13)6-1-3-7(4-2-6)14-5-15/h1-4,8H. The van der Waals surface area contributed by atoms with E-state index in [1.807, 2.05) is 0 Å². The average molecular weight is 219 g/mol. The lowest BCUT2D eigenvalue weighted by Crippen LogP contribution is -2.16. The number of halogens is 4. The second-order valence-corrected chi connectivity index (χ2v) is 2.70. The Morgan fingerprint density at radius 3 is 2.13 bits per heavy atom. The fourth-order valence-electron chi connectivity index (χ4n) is 0.960. The van der Waals surface area contributed by atoms with Gasteiger partial charge >= 0.3 is 6.18 Å². The molecule has 0 bridgehead atoms. The maximum atomic E-state index is 12.7. The predicted molar refractivity (Wildman–Crippen MR) is 44.1 cm³/mol. The third-order valence-electron chi connectivity index (χ3n) is 1.65. The first-order valence-corrected chi connectivity index (χ1v) is 3.84. The Morgan fingerprint density at radius 2 is 1.73 bits per heavy atom. The molecule has 6 heteroatoms. The molecule has 2 nitrogen and oxygen atoms in total. The Kier molecular flexibility index (Phi) is 3.21. The molecule has 0 amide bonds. The molecule has 15 heavy (non-hydrogen) atoms. The number of aliphatic imine (C=N–C) groups is 1. The van der Waals surface area contributed by atoms with Crippen LogP contribution < -0.4 is 0 Å². The van der Waals surface area contributed by atoms with Crippen LogP contribution in [-0.4, -0.2) is 12.3 Å². The number of rotatable bonds is 2. The van der Waals surface area contributed by atoms with Crippen molar-refractivity contribution in [3.8, 4) is 0 Å². The van der Waals surface area contributed by atoms with Gasteiger partial charge in [-0.1, -0.05) is 12.1 Å². The second-order valence-electron chi connectivity index (χ2n) is 2.70. The first-order valence-electron chi connectivity index (χ1n) is 3.84. The van der Waals surface area contributed by atoms with Crippen molar-refractivity contribution in [3.05, 3.63) is 29.8 Å². The summed E-state index contributed by atoms with van der Waals surface area (Å²) < 4.78 is 48.5. The third kappa shape index (κ3) is 2.89. The maximum Gasteiger partial charge on any atom is 0.423 e. The van der Waals surface area contributed by atoms with Crippen LogP contribution in [0.5, 0.6) is 0 Å². The molecule has 0 fully saturated rings.